The van der Waals surface area contributed by atoms with Gasteiger partial charge in [0.2, 0.25) is 0 Å². The van der Waals surface area contributed by atoms with Crippen molar-refractivity contribution in [3.8, 4) is 0 Å². The molecule has 0 aromatic heterocycles. The molecule has 0 amide bonds. The van der Waals surface area contributed by atoms with Crippen LogP contribution in [0.2, 0.25) is 0 Å². The summed E-state index contributed by atoms with van der Waals surface area (Å²) in [6, 6.07) is 0. The Morgan fingerprint density at radius 1 is 0.438 bits per heavy atom. The second-order valence-electron chi connectivity index (χ2n) is 4.91. The van der Waals surface area contributed by atoms with Crippen molar-refractivity contribution in [1.82, 2.24) is 10.0 Å². The Labute approximate surface area is 98.6 Å². The summed E-state index contributed by atoms with van der Waals surface area (Å²) >= 11 is 0. The van der Waals surface area contributed by atoms with E-state index in [1.54, 1.807) is 0 Å². The zero-order valence-corrected chi connectivity index (χ0v) is 10.3. The predicted molar refractivity (Wildman–Crippen MR) is 64.9 cm³/mol. The van der Waals surface area contributed by atoms with Crippen molar-refractivity contribution in [1.29, 1.82) is 0 Å². The van der Waals surface area contributed by atoms with E-state index in [1.165, 1.54) is 51.4 Å². The van der Waals surface area contributed by atoms with Crippen molar-refractivity contribution in [3.63, 3.8) is 0 Å². The third-order valence-electron chi connectivity index (χ3n) is 3.46. The van der Waals surface area contributed by atoms with Gasteiger partial charge in [-0.25, -0.2) is 0 Å². The summed E-state index contributed by atoms with van der Waals surface area (Å²) in [6.45, 7) is 4.38. The summed E-state index contributed by atoms with van der Waals surface area (Å²) in [5.74, 6) is 0. The summed E-state index contributed by atoms with van der Waals surface area (Å²) in [7, 11) is 0. The van der Waals surface area contributed by atoms with Crippen LogP contribution in [0, 0.1) is 0 Å². The monoisotopic (exact) mass is 224 g/mol. The van der Waals surface area contributed by atoms with E-state index in [1.807, 2.05) is 0 Å². The van der Waals surface area contributed by atoms with E-state index in [0.29, 0.717) is 0 Å². The van der Waals surface area contributed by atoms with Crippen LogP contribution in [-0.2, 0) is 0 Å². The first-order valence-electron chi connectivity index (χ1n) is 6.86. The molecule has 0 saturated carbocycles. The molecule has 0 unspecified atom stereocenters. The molecule has 0 radical (unpaired) electrons. The van der Waals surface area contributed by atoms with Gasteiger partial charge in [0, 0.05) is 26.2 Å². The van der Waals surface area contributed by atoms with Gasteiger partial charge < -0.3 is 0 Å². The van der Waals surface area contributed by atoms with E-state index in [-0.39, 0.29) is 0 Å². The van der Waals surface area contributed by atoms with Crippen LogP contribution < -0.4 is 0 Å². The highest BCUT2D eigenvalue weighted by molar-refractivity contribution is 4.60. The Hall–Kier alpha value is -0.800. The Bertz CT molecular complexity index is 179. The maximum Gasteiger partial charge on any atom is 0.0377 e. The van der Waals surface area contributed by atoms with Crippen molar-refractivity contribution < 1.29 is 0 Å². The maximum absolute atomic E-state index is 4.39. The smallest absolute Gasteiger partial charge is 0.0377 e. The molecule has 0 spiro atoms. The zero-order valence-electron chi connectivity index (χ0n) is 10.3. The van der Waals surface area contributed by atoms with Crippen LogP contribution in [0.1, 0.15) is 51.4 Å². The maximum atomic E-state index is 4.39. The summed E-state index contributed by atoms with van der Waals surface area (Å²) in [4.78, 5) is 0. The third-order valence-corrected chi connectivity index (χ3v) is 3.46. The van der Waals surface area contributed by atoms with E-state index >= 15 is 0 Å². The quantitative estimate of drug-likeness (QED) is 0.675. The second-order valence-corrected chi connectivity index (χ2v) is 4.91. The molecule has 2 aliphatic rings. The fourth-order valence-electron chi connectivity index (χ4n) is 2.40. The zero-order chi connectivity index (χ0) is 11.1. The van der Waals surface area contributed by atoms with E-state index in [0.717, 1.165) is 26.2 Å². The van der Waals surface area contributed by atoms with Crippen LogP contribution >= 0.6 is 0 Å². The summed E-state index contributed by atoms with van der Waals surface area (Å²) < 4.78 is 0. The van der Waals surface area contributed by atoms with Gasteiger partial charge in [-0.05, 0) is 25.7 Å². The summed E-state index contributed by atoms with van der Waals surface area (Å²) in [5.41, 5.74) is 0. The van der Waals surface area contributed by atoms with Crippen molar-refractivity contribution in [2.75, 3.05) is 26.2 Å². The summed E-state index contributed by atoms with van der Waals surface area (Å²) in [6.07, 6.45) is 10.5. The normalized spacial score (nSPS) is 24.5. The molecule has 2 aliphatic heterocycles. The van der Waals surface area contributed by atoms with Crippen molar-refractivity contribution >= 4 is 0 Å². The van der Waals surface area contributed by atoms with E-state index in [9.17, 15) is 0 Å². The Morgan fingerprint density at radius 3 is 1.06 bits per heavy atom. The Kier molecular flexibility index (Phi) is 4.90. The molecule has 2 fully saturated rings. The lowest BCUT2D eigenvalue weighted by atomic mass is 10.2. The number of hydrogen-bond donors (Lipinski definition) is 0. The fourth-order valence-corrected chi connectivity index (χ4v) is 2.40. The SMILES string of the molecule is C1CCCN(/N=N\N2CCCCCC2)CC1. The van der Waals surface area contributed by atoms with Crippen LogP contribution in [0.15, 0.2) is 10.4 Å². The Morgan fingerprint density at radius 2 is 0.750 bits per heavy atom. The molecular weight excluding hydrogens is 200 g/mol. The van der Waals surface area contributed by atoms with Crippen LogP contribution in [0.25, 0.3) is 0 Å². The van der Waals surface area contributed by atoms with Gasteiger partial charge in [0.15, 0.2) is 0 Å². The molecule has 0 N–H and O–H groups in total. The van der Waals surface area contributed by atoms with Crippen LogP contribution in [0.4, 0.5) is 0 Å². The standard InChI is InChI=1S/C12H24N4/c1-2-6-10-15(9-5-1)13-14-16-11-7-3-4-8-12-16/h1-12H2/b14-13-. The third kappa shape index (κ3) is 3.99. The van der Waals surface area contributed by atoms with E-state index < -0.39 is 0 Å². The molecule has 2 saturated heterocycles. The lowest BCUT2D eigenvalue weighted by molar-refractivity contribution is 0.205. The van der Waals surface area contributed by atoms with Crippen LogP contribution in [0.5, 0.6) is 0 Å². The largest absolute Gasteiger partial charge is 0.277 e. The number of hydrogen-bond acceptors (Lipinski definition) is 2. The molecule has 2 rings (SSSR count). The fraction of sp³-hybridized carbons (Fsp3) is 1.00. The van der Waals surface area contributed by atoms with Crippen molar-refractivity contribution in [2.24, 2.45) is 10.4 Å². The van der Waals surface area contributed by atoms with Gasteiger partial charge in [-0.15, -0.1) is 0 Å². The van der Waals surface area contributed by atoms with Gasteiger partial charge in [0.1, 0.15) is 0 Å². The van der Waals surface area contributed by atoms with E-state index in [4.69, 9.17) is 0 Å². The molecule has 0 atom stereocenters. The molecule has 0 bridgehead atoms. The minimum atomic E-state index is 1.09. The molecule has 16 heavy (non-hydrogen) atoms. The first-order valence-corrected chi connectivity index (χ1v) is 6.86. The van der Waals surface area contributed by atoms with Gasteiger partial charge in [0.25, 0.3) is 0 Å². The minimum absolute atomic E-state index is 1.09. The average Bonchev–Trinajstić information content (AvgIpc) is 2.71. The number of rotatable bonds is 2. The average molecular weight is 224 g/mol. The van der Waals surface area contributed by atoms with E-state index in [2.05, 4.69) is 20.5 Å². The van der Waals surface area contributed by atoms with Gasteiger partial charge in [-0.1, -0.05) is 36.1 Å². The van der Waals surface area contributed by atoms with Gasteiger partial charge in [-0.2, -0.15) is 0 Å². The molecule has 4 nitrogen and oxygen atoms in total. The lowest BCUT2D eigenvalue weighted by Crippen LogP contribution is -2.22. The first kappa shape index (κ1) is 11.7. The lowest BCUT2D eigenvalue weighted by Gasteiger charge is -2.18. The van der Waals surface area contributed by atoms with Crippen molar-refractivity contribution in [2.45, 2.75) is 51.4 Å². The van der Waals surface area contributed by atoms with Crippen LogP contribution in [0.3, 0.4) is 0 Å². The molecule has 2 heterocycles. The minimum Gasteiger partial charge on any atom is -0.277 e. The highest BCUT2D eigenvalue weighted by atomic mass is 15.7. The van der Waals surface area contributed by atoms with Gasteiger partial charge >= 0.3 is 0 Å². The molecule has 0 aromatic carbocycles. The molecule has 92 valence electrons. The first-order chi connectivity index (χ1) is 7.95. The second kappa shape index (κ2) is 6.71. The van der Waals surface area contributed by atoms with Gasteiger partial charge in [-0.3, -0.25) is 10.0 Å². The molecular formula is C12H24N4. The molecule has 0 aromatic rings. The predicted octanol–water partition coefficient (Wildman–Crippen LogP) is 3.02. The summed E-state index contributed by atoms with van der Waals surface area (Å²) in [5, 5.41) is 13.1. The topological polar surface area (TPSA) is 31.2 Å². The van der Waals surface area contributed by atoms with Gasteiger partial charge in [0.05, 0.1) is 0 Å². The highest BCUT2D eigenvalue weighted by Crippen LogP contribution is 2.12. The van der Waals surface area contributed by atoms with Crippen molar-refractivity contribution in [3.05, 3.63) is 0 Å². The Balaban J connectivity index is 1.76. The highest BCUT2D eigenvalue weighted by Gasteiger charge is 2.09. The molecule has 4 heteroatoms. The number of nitrogens with zero attached hydrogens (tertiary/aromatic N) is 4. The van der Waals surface area contributed by atoms with Crippen LogP contribution in [-0.4, -0.2) is 36.2 Å². The molecule has 0 aliphatic carbocycles.